The number of esters is 1. The lowest BCUT2D eigenvalue weighted by Crippen LogP contribution is -2.33. The lowest BCUT2D eigenvalue weighted by atomic mass is 10.2. The molecule has 3 rings (SSSR count). The summed E-state index contributed by atoms with van der Waals surface area (Å²) in [7, 11) is 0. The fraction of sp³-hybridized carbons (Fsp3) is 0.308. The van der Waals surface area contributed by atoms with E-state index in [0.29, 0.717) is 17.2 Å². The van der Waals surface area contributed by atoms with E-state index in [1.807, 2.05) is 6.08 Å². The van der Waals surface area contributed by atoms with Crippen LogP contribution in [-0.4, -0.2) is 31.1 Å². The molecule has 0 amide bonds. The standard InChI is InChI=1S/C13H11ClO4/c14-9-3-1-8(2-4-9)12(15)18-11-6-5-10-7-16-13(11)17-10/h1-6,10-11,13H,7H2/t10-,11+,13+/m0/s1. The van der Waals surface area contributed by atoms with Gasteiger partial charge in [0.25, 0.3) is 0 Å². The monoisotopic (exact) mass is 266 g/mol. The lowest BCUT2D eigenvalue weighted by molar-refractivity contribution is -0.119. The largest absolute Gasteiger partial charge is 0.449 e. The maximum Gasteiger partial charge on any atom is 0.338 e. The van der Waals surface area contributed by atoms with Crippen molar-refractivity contribution in [1.29, 1.82) is 0 Å². The second kappa shape index (κ2) is 4.72. The van der Waals surface area contributed by atoms with Crippen LogP contribution in [0.5, 0.6) is 0 Å². The Labute approximate surface area is 109 Å². The Bertz CT molecular complexity index is 482. The van der Waals surface area contributed by atoms with Crippen LogP contribution >= 0.6 is 11.6 Å². The van der Waals surface area contributed by atoms with Crippen molar-refractivity contribution in [2.24, 2.45) is 0 Å². The van der Waals surface area contributed by atoms with E-state index in [0.717, 1.165) is 0 Å². The summed E-state index contributed by atoms with van der Waals surface area (Å²) < 4.78 is 16.1. The molecule has 1 aromatic rings. The molecule has 0 N–H and O–H groups in total. The Balaban J connectivity index is 1.69. The molecule has 1 saturated heterocycles. The zero-order chi connectivity index (χ0) is 12.5. The van der Waals surface area contributed by atoms with Crippen molar-refractivity contribution >= 4 is 17.6 Å². The van der Waals surface area contributed by atoms with Gasteiger partial charge in [-0.25, -0.2) is 4.79 Å². The predicted octanol–water partition coefficient (Wildman–Crippen LogP) is 2.18. The molecule has 0 saturated carbocycles. The fourth-order valence-electron chi connectivity index (χ4n) is 1.91. The highest BCUT2D eigenvalue weighted by molar-refractivity contribution is 6.30. The molecule has 1 aromatic carbocycles. The van der Waals surface area contributed by atoms with Gasteiger partial charge in [-0.1, -0.05) is 17.7 Å². The van der Waals surface area contributed by atoms with Crippen molar-refractivity contribution in [3.05, 3.63) is 47.0 Å². The van der Waals surface area contributed by atoms with Gasteiger partial charge in [0, 0.05) is 5.02 Å². The minimum atomic E-state index is -0.494. The Morgan fingerprint density at radius 3 is 2.83 bits per heavy atom. The molecular weight excluding hydrogens is 256 g/mol. The van der Waals surface area contributed by atoms with E-state index in [1.54, 1.807) is 30.3 Å². The van der Waals surface area contributed by atoms with E-state index < -0.39 is 18.4 Å². The van der Waals surface area contributed by atoms with Gasteiger partial charge in [-0.3, -0.25) is 0 Å². The number of benzene rings is 1. The minimum absolute atomic E-state index is 0.0134. The summed E-state index contributed by atoms with van der Waals surface area (Å²) in [4.78, 5) is 11.9. The van der Waals surface area contributed by atoms with Gasteiger partial charge >= 0.3 is 5.97 Å². The van der Waals surface area contributed by atoms with Crippen LogP contribution in [0.1, 0.15) is 10.4 Å². The van der Waals surface area contributed by atoms with Crippen LogP contribution in [0.4, 0.5) is 0 Å². The van der Waals surface area contributed by atoms with Crippen LogP contribution in [0.15, 0.2) is 36.4 Å². The molecule has 18 heavy (non-hydrogen) atoms. The van der Waals surface area contributed by atoms with Crippen molar-refractivity contribution < 1.29 is 19.0 Å². The molecule has 2 bridgehead atoms. The van der Waals surface area contributed by atoms with Crippen molar-refractivity contribution in [3.8, 4) is 0 Å². The van der Waals surface area contributed by atoms with E-state index >= 15 is 0 Å². The molecule has 2 aliphatic heterocycles. The van der Waals surface area contributed by atoms with Crippen molar-refractivity contribution in [2.45, 2.75) is 18.5 Å². The first-order valence-corrected chi connectivity index (χ1v) is 6.02. The molecule has 0 aromatic heterocycles. The molecular formula is C13H11ClO4. The Kier molecular flexibility index (Phi) is 3.07. The highest BCUT2D eigenvalue weighted by Gasteiger charge is 2.36. The summed E-state index contributed by atoms with van der Waals surface area (Å²) in [5, 5.41) is 0.578. The zero-order valence-electron chi connectivity index (χ0n) is 9.41. The van der Waals surface area contributed by atoms with Crippen LogP contribution in [0.25, 0.3) is 0 Å². The number of halogens is 1. The molecule has 94 valence electrons. The number of fused-ring (bicyclic) bond motifs is 2. The average molecular weight is 267 g/mol. The van der Waals surface area contributed by atoms with E-state index in [9.17, 15) is 4.79 Å². The summed E-state index contributed by atoms with van der Waals surface area (Å²) >= 11 is 5.76. The van der Waals surface area contributed by atoms with Gasteiger partial charge in [-0.15, -0.1) is 0 Å². The van der Waals surface area contributed by atoms with Crippen molar-refractivity contribution in [2.75, 3.05) is 6.61 Å². The van der Waals surface area contributed by atoms with E-state index in [4.69, 9.17) is 25.8 Å². The van der Waals surface area contributed by atoms with Gasteiger partial charge in [-0.05, 0) is 30.3 Å². The first-order chi connectivity index (χ1) is 8.72. The maximum atomic E-state index is 11.9. The van der Waals surface area contributed by atoms with Crippen LogP contribution in [0, 0.1) is 0 Å². The molecule has 0 unspecified atom stereocenters. The first-order valence-electron chi connectivity index (χ1n) is 5.64. The highest BCUT2D eigenvalue weighted by atomic mass is 35.5. The normalized spacial score (nSPS) is 29.3. The van der Waals surface area contributed by atoms with E-state index in [2.05, 4.69) is 0 Å². The molecule has 0 spiro atoms. The van der Waals surface area contributed by atoms with Gasteiger partial charge in [0.2, 0.25) is 0 Å². The second-order valence-corrected chi connectivity index (χ2v) is 4.57. The summed E-state index contributed by atoms with van der Waals surface area (Å²) in [5.41, 5.74) is 0.452. The molecule has 4 nitrogen and oxygen atoms in total. The van der Waals surface area contributed by atoms with Crippen LogP contribution in [-0.2, 0) is 14.2 Å². The Hall–Kier alpha value is -1.36. The Morgan fingerprint density at radius 2 is 2.06 bits per heavy atom. The Morgan fingerprint density at radius 1 is 1.28 bits per heavy atom. The quantitative estimate of drug-likeness (QED) is 0.608. The molecule has 2 heterocycles. The molecule has 2 aliphatic rings. The topological polar surface area (TPSA) is 44.8 Å². The molecule has 0 radical (unpaired) electrons. The number of ether oxygens (including phenoxy) is 3. The van der Waals surface area contributed by atoms with Gasteiger partial charge < -0.3 is 14.2 Å². The van der Waals surface area contributed by atoms with E-state index in [1.165, 1.54) is 0 Å². The third kappa shape index (κ3) is 2.27. The minimum Gasteiger partial charge on any atom is -0.449 e. The SMILES string of the molecule is O=C(O[C@@H]1C=C[C@H]2CO[C@@H]1O2)c1ccc(Cl)cc1. The highest BCUT2D eigenvalue weighted by Crippen LogP contribution is 2.24. The molecule has 1 fully saturated rings. The first kappa shape index (κ1) is 11.7. The predicted molar refractivity (Wildman–Crippen MR) is 64.4 cm³/mol. The third-order valence-electron chi connectivity index (χ3n) is 2.84. The third-order valence-corrected chi connectivity index (χ3v) is 3.09. The maximum absolute atomic E-state index is 11.9. The molecule has 3 atom stereocenters. The zero-order valence-corrected chi connectivity index (χ0v) is 10.2. The van der Waals surface area contributed by atoms with Crippen molar-refractivity contribution in [1.82, 2.24) is 0 Å². The van der Waals surface area contributed by atoms with Crippen LogP contribution < -0.4 is 0 Å². The number of carbonyl (C=O) groups is 1. The summed E-state index contributed by atoms with van der Waals surface area (Å²) in [6, 6.07) is 6.54. The number of rotatable bonds is 2. The lowest BCUT2D eigenvalue weighted by Gasteiger charge is -2.22. The number of carbonyl (C=O) groups excluding carboxylic acids is 1. The van der Waals surface area contributed by atoms with Gasteiger partial charge in [-0.2, -0.15) is 0 Å². The number of hydrogen-bond acceptors (Lipinski definition) is 4. The van der Waals surface area contributed by atoms with Gasteiger partial charge in [0.15, 0.2) is 12.4 Å². The van der Waals surface area contributed by atoms with Crippen LogP contribution in [0.3, 0.4) is 0 Å². The molecule has 5 heteroatoms. The number of hydrogen-bond donors (Lipinski definition) is 0. The van der Waals surface area contributed by atoms with Crippen molar-refractivity contribution in [3.63, 3.8) is 0 Å². The average Bonchev–Trinajstić information content (AvgIpc) is 2.76. The van der Waals surface area contributed by atoms with Crippen LogP contribution in [0.2, 0.25) is 5.02 Å². The van der Waals surface area contributed by atoms with Gasteiger partial charge in [0.05, 0.1) is 12.2 Å². The summed E-state index contributed by atoms with van der Waals surface area (Å²) in [6.07, 6.45) is 2.66. The summed E-state index contributed by atoms with van der Waals surface area (Å²) in [6.45, 7) is 0.510. The van der Waals surface area contributed by atoms with E-state index in [-0.39, 0.29) is 6.10 Å². The second-order valence-electron chi connectivity index (χ2n) is 4.14. The van der Waals surface area contributed by atoms with Gasteiger partial charge in [0.1, 0.15) is 6.10 Å². The smallest absolute Gasteiger partial charge is 0.338 e. The summed E-state index contributed by atoms with van der Waals surface area (Å²) in [5.74, 6) is -0.418. The fourth-order valence-corrected chi connectivity index (χ4v) is 2.04. The molecule has 0 aliphatic carbocycles.